The number of rotatable bonds is 8. The molecule has 1 atom stereocenters. The molecule has 1 unspecified atom stereocenters. The van der Waals surface area contributed by atoms with Gasteiger partial charge in [-0.15, -0.1) is 11.8 Å². The molecule has 3 heteroatoms. The van der Waals surface area contributed by atoms with Gasteiger partial charge in [-0.2, -0.15) is 0 Å². The summed E-state index contributed by atoms with van der Waals surface area (Å²) in [5, 5.41) is 3.53. The number of benzene rings is 1. The highest BCUT2D eigenvalue weighted by Crippen LogP contribution is 2.21. The first kappa shape index (κ1) is 13.8. The third-order valence-electron chi connectivity index (χ3n) is 3.19. The maximum absolute atomic E-state index is 5.90. The molecule has 1 N–H and O–H groups in total. The van der Waals surface area contributed by atoms with E-state index in [1.807, 2.05) is 0 Å². The molecule has 2 rings (SSSR count). The number of hydrogen-bond donors (Lipinski definition) is 1. The fraction of sp³-hybridized carbons (Fsp3) is 0.600. The van der Waals surface area contributed by atoms with Crippen molar-refractivity contribution in [3.05, 3.63) is 24.3 Å². The second-order valence-electron chi connectivity index (χ2n) is 4.97. The van der Waals surface area contributed by atoms with Gasteiger partial charge >= 0.3 is 0 Å². The van der Waals surface area contributed by atoms with Gasteiger partial charge in [-0.05, 0) is 69.7 Å². The van der Waals surface area contributed by atoms with Crippen molar-refractivity contribution in [2.24, 2.45) is 0 Å². The summed E-state index contributed by atoms with van der Waals surface area (Å²) in [7, 11) is 0. The lowest BCUT2D eigenvalue weighted by Crippen LogP contribution is -2.20. The lowest BCUT2D eigenvalue weighted by molar-refractivity contribution is 0.207. The van der Waals surface area contributed by atoms with Crippen molar-refractivity contribution in [2.75, 3.05) is 12.8 Å². The summed E-state index contributed by atoms with van der Waals surface area (Å²) in [6.07, 6.45) is 7.43. The van der Waals surface area contributed by atoms with Gasteiger partial charge < -0.3 is 10.1 Å². The average Bonchev–Trinajstić information content (AvgIpc) is 3.20. The Kier molecular flexibility index (Phi) is 5.39. The molecule has 0 aliphatic heterocycles. The van der Waals surface area contributed by atoms with E-state index in [2.05, 4.69) is 42.8 Å². The summed E-state index contributed by atoms with van der Waals surface area (Å²) in [5.74, 6) is 0.982. The molecule has 1 aromatic rings. The van der Waals surface area contributed by atoms with Gasteiger partial charge in [0.25, 0.3) is 0 Å². The van der Waals surface area contributed by atoms with E-state index in [1.54, 1.807) is 11.8 Å². The van der Waals surface area contributed by atoms with E-state index in [9.17, 15) is 0 Å². The van der Waals surface area contributed by atoms with E-state index in [-0.39, 0.29) is 0 Å². The smallest absolute Gasteiger partial charge is 0.119 e. The van der Waals surface area contributed by atoms with Crippen molar-refractivity contribution in [1.82, 2.24) is 5.32 Å². The van der Waals surface area contributed by atoms with Crippen LogP contribution in [0, 0.1) is 0 Å². The summed E-state index contributed by atoms with van der Waals surface area (Å²) in [4.78, 5) is 1.28. The maximum atomic E-state index is 5.90. The molecule has 0 amide bonds. The van der Waals surface area contributed by atoms with Crippen molar-refractivity contribution in [2.45, 2.75) is 49.6 Å². The van der Waals surface area contributed by atoms with Crippen molar-refractivity contribution in [3.8, 4) is 5.75 Å². The predicted octanol–water partition coefficient (Wildman–Crippen LogP) is 3.71. The molecule has 0 heterocycles. The molecule has 1 aliphatic rings. The first-order valence-corrected chi connectivity index (χ1v) is 8.04. The molecule has 0 saturated heterocycles. The van der Waals surface area contributed by atoms with Gasteiger partial charge in [0.15, 0.2) is 0 Å². The summed E-state index contributed by atoms with van der Waals surface area (Å²) in [5.41, 5.74) is 0. The summed E-state index contributed by atoms with van der Waals surface area (Å²) in [6.45, 7) is 3.28. The molecule has 0 radical (unpaired) electrons. The molecule has 0 aromatic heterocycles. The van der Waals surface area contributed by atoms with E-state index in [0.29, 0.717) is 6.10 Å². The molecule has 1 saturated carbocycles. The second kappa shape index (κ2) is 7.05. The van der Waals surface area contributed by atoms with Gasteiger partial charge in [-0.1, -0.05) is 0 Å². The Balaban J connectivity index is 1.63. The van der Waals surface area contributed by atoms with E-state index in [4.69, 9.17) is 4.74 Å². The zero-order valence-corrected chi connectivity index (χ0v) is 12.1. The Morgan fingerprint density at radius 1 is 1.33 bits per heavy atom. The molecular formula is C15H23NOS. The highest BCUT2D eigenvalue weighted by molar-refractivity contribution is 7.98. The minimum atomic E-state index is 0.297. The highest BCUT2D eigenvalue weighted by atomic mass is 32.2. The molecule has 0 spiro atoms. The van der Waals surface area contributed by atoms with E-state index in [1.165, 1.54) is 24.2 Å². The van der Waals surface area contributed by atoms with Crippen molar-refractivity contribution in [1.29, 1.82) is 0 Å². The fourth-order valence-electron chi connectivity index (χ4n) is 1.93. The van der Waals surface area contributed by atoms with Gasteiger partial charge in [-0.25, -0.2) is 0 Å². The number of hydrogen-bond acceptors (Lipinski definition) is 3. The van der Waals surface area contributed by atoms with Gasteiger partial charge in [-0.3, -0.25) is 0 Å². The number of thioether (sulfide) groups is 1. The van der Waals surface area contributed by atoms with Gasteiger partial charge in [0.1, 0.15) is 5.75 Å². The summed E-state index contributed by atoms with van der Waals surface area (Å²) < 4.78 is 5.90. The second-order valence-corrected chi connectivity index (χ2v) is 5.85. The fourth-order valence-corrected chi connectivity index (χ4v) is 2.34. The van der Waals surface area contributed by atoms with Crippen LogP contribution < -0.4 is 10.1 Å². The van der Waals surface area contributed by atoms with Crippen LogP contribution in [0.1, 0.15) is 32.6 Å². The van der Waals surface area contributed by atoms with Crippen LogP contribution in [0.4, 0.5) is 0 Å². The first-order chi connectivity index (χ1) is 8.78. The molecule has 0 bridgehead atoms. The van der Waals surface area contributed by atoms with Crippen molar-refractivity contribution in [3.63, 3.8) is 0 Å². The molecule has 1 aliphatic carbocycles. The maximum Gasteiger partial charge on any atom is 0.119 e. The van der Waals surface area contributed by atoms with Crippen LogP contribution >= 0.6 is 11.8 Å². The van der Waals surface area contributed by atoms with E-state index < -0.39 is 0 Å². The zero-order chi connectivity index (χ0) is 12.8. The van der Waals surface area contributed by atoms with Crippen molar-refractivity contribution < 1.29 is 4.74 Å². The Bertz CT molecular complexity index is 348. The normalized spacial score (nSPS) is 16.6. The SMILES string of the molecule is CSc1ccc(OC(C)CCCNC2CC2)cc1. The van der Waals surface area contributed by atoms with Crippen LogP contribution in [-0.4, -0.2) is 24.9 Å². The standard InChI is InChI=1S/C15H23NOS/c1-12(4-3-11-16-13-5-6-13)17-14-7-9-15(18-2)10-8-14/h7-10,12-13,16H,3-6,11H2,1-2H3. The minimum Gasteiger partial charge on any atom is -0.491 e. The van der Waals surface area contributed by atoms with Crippen molar-refractivity contribution >= 4 is 11.8 Å². The van der Waals surface area contributed by atoms with Gasteiger partial charge in [0, 0.05) is 10.9 Å². The molecule has 100 valence electrons. The predicted molar refractivity (Wildman–Crippen MR) is 78.6 cm³/mol. The molecular weight excluding hydrogens is 242 g/mol. The average molecular weight is 265 g/mol. The Morgan fingerprint density at radius 3 is 2.67 bits per heavy atom. The molecule has 1 fully saturated rings. The molecule has 2 nitrogen and oxygen atoms in total. The third-order valence-corrected chi connectivity index (χ3v) is 3.94. The van der Waals surface area contributed by atoms with Crippen LogP contribution in [0.5, 0.6) is 5.75 Å². The minimum absolute atomic E-state index is 0.297. The van der Waals surface area contributed by atoms with Crippen LogP contribution in [-0.2, 0) is 0 Å². The zero-order valence-electron chi connectivity index (χ0n) is 11.3. The lowest BCUT2D eigenvalue weighted by Gasteiger charge is -2.15. The topological polar surface area (TPSA) is 21.3 Å². The third kappa shape index (κ3) is 4.91. The Labute approximate surface area is 114 Å². The summed E-state index contributed by atoms with van der Waals surface area (Å²) in [6, 6.07) is 9.17. The highest BCUT2D eigenvalue weighted by Gasteiger charge is 2.19. The largest absolute Gasteiger partial charge is 0.491 e. The van der Waals surface area contributed by atoms with Crippen LogP contribution in [0.15, 0.2) is 29.2 Å². The number of ether oxygens (including phenoxy) is 1. The van der Waals surface area contributed by atoms with Crippen LogP contribution in [0.3, 0.4) is 0 Å². The molecule has 18 heavy (non-hydrogen) atoms. The Morgan fingerprint density at radius 2 is 2.06 bits per heavy atom. The monoisotopic (exact) mass is 265 g/mol. The quantitative estimate of drug-likeness (QED) is 0.572. The van der Waals surface area contributed by atoms with E-state index >= 15 is 0 Å². The first-order valence-electron chi connectivity index (χ1n) is 6.82. The van der Waals surface area contributed by atoms with Gasteiger partial charge in [0.05, 0.1) is 6.10 Å². The van der Waals surface area contributed by atoms with Crippen LogP contribution in [0.25, 0.3) is 0 Å². The van der Waals surface area contributed by atoms with Crippen LogP contribution in [0.2, 0.25) is 0 Å². The Hall–Kier alpha value is -0.670. The summed E-state index contributed by atoms with van der Waals surface area (Å²) >= 11 is 1.76. The number of nitrogens with one attached hydrogen (secondary N) is 1. The van der Waals surface area contributed by atoms with Gasteiger partial charge in [0.2, 0.25) is 0 Å². The molecule has 1 aromatic carbocycles. The lowest BCUT2D eigenvalue weighted by atomic mass is 10.2. The van der Waals surface area contributed by atoms with E-state index in [0.717, 1.165) is 24.8 Å².